The van der Waals surface area contributed by atoms with Crippen LogP contribution in [0, 0.1) is 0 Å². The molecular formula is C19H20BN3O5. The molecule has 0 saturated carbocycles. The Morgan fingerprint density at radius 1 is 1.18 bits per heavy atom. The second kappa shape index (κ2) is 6.79. The molecule has 0 spiro atoms. The Bertz CT molecular complexity index is 1020. The molecule has 144 valence electrons. The average Bonchev–Trinajstić information content (AvgIpc) is 3.21. The molecule has 2 aliphatic heterocycles. The predicted octanol–water partition coefficient (Wildman–Crippen LogP) is 0.875. The lowest BCUT2D eigenvalue weighted by atomic mass is 9.76. The van der Waals surface area contributed by atoms with Crippen molar-refractivity contribution in [3.8, 4) is 5.75 Å². The van der Waals surface area contributed by atoms with Crippen LogP contribution in [-0.2, 0) is 9.47 Å². The number of methoxy groups -OCH3 is 1. The Morgan fingerprint density at radius 3 is 2.86 bits per heavy atom. The molecule has 4 N–H and O–H groups in total. The highest BCUT2D eigenvalue weighted by Crippen LogP contribution is 2.47. The molecule has 1 saturated heterocycles. The molecule has 8 nitrogen and oxygen atoms in total. The maximum Gasteiger partial charge on any atom is 0.492 e. The zero-order valence-corrected chi connectivity index (χ0v) is 15.3. The summed E-state index contributed by atoms with van der Waals surface area (Å²) in [5.74, 6) is 0.427. The first-order chi connectivity index (χ1) is 13.7. The van der Waals surface area contributed by atoms with Crippen LogP contribution in [0.3, 0.4) is 0 Å². The predicted molar refractivity (Wildman–Crippen MR) is 104 cm³/mol. The Hall–Kier alpha value is -2.59. The summed E-state index contributed by atoms with van der Waals surface area (Å²) < 4.78 is 17.8. The molecule has 3 atom stereocenters. The molecule has 0 aliphatic carbocycles. The van der Waals surface area contributed by atoms with E-state index in [0.29, 0.717) is 24.4 Å². The molecule has 28 heavy (non-hydrogen) atoms. The highest BCUT2D eigenvalue weighted by molar-refractivity contribution is 6.59. The Morgan fingerprint density at radius 2 is 2.04 bits per heavy atom. The summed E-state index contributed by atoms with van der Waals surface area (Å²) in [6, 6.07) is 9.00. The lowest BCUT2D eigenvalue weighted by Crippen LogP contribution is -2.44. The van der Waals surface area contributed by atoms with E-state index in [1.54, 1.807) is 18.3 Å². The van der Waals surface area contributed by atoms with E-state index in [2.05, 4.69) is 15.5 Å². The van der Waals surface area contributed by atoms with E-state index in [1.165, 1.54) is 7.11 Å². The third-order valence-corrected chi connectivity index (χ3v) is 5.47. The minimum Gasteiger partial charge on any atom is -0.497 e. The lowest BCUT2D eigenvalue weighted by Gasteiger charge is -2.43. The fraction of sp³-hybridized carbons (Fsp3) is 0.316. The van der Waals surface area contributed by atoms with E-state index in [4.69, 9.17) is 14.2 Å². The third kappa shape index (κ3) is 2.59. The molecule has 0 amide bonds. The van der Waals surface area contributed by atoms with E-state index in [9.17, 15) is 10.0 Å². The van der Waals surface area contributed by atoms with Gasteiger partial charge in [-0.2, -0.15) is 5.10 Å². The summed E-state index contributed by atoms with van der Waals surface area (Å²) in [4.78, 5) is 0. The van der Waals surface area contributed by atoms with Crippen molar-refractivity contribution >= 4 is 29.2 Å². The van der Waals surface area contributed by atoms with Crippen LogP contribution in [-0.4, -0.2) is 53.8 Å². The van der Waals surface area contributed by atoms with Crippen molar-refractivity contribution in [3.63, 3.8) is 0 Å². The van der Waals surface area contributed by atoms with Crippen molar-refractivity contribution in [2.75, 3.05) is 25.6 Å². The van der Waals surface area contributed by atoms with Crippen molar-refractivity contribution in [2.45, 2.75) is 18.2 Å². The van der Waals surface area contributed by atoms with Crippen molar-refractivity contribution in [2.24, 2.45) is 0 Å². The van der Waals surface area contributed by atoms with Crippen LogP contribution in [0.1, 0.15) is 23.3 Å². The van der Waals surface area contributed by atoms with Gasteiger partial charge < -0.3 is 29.6 Å². The average molecular weight is 381 g/mol. The first kappa shape index (κ1) is 17.5. The fourth-order valence-electron chi connectivity index (χ4n) is 4.29. The number of benzene rings is 2. The second-order valence-electron chi connectivity index (χ2n) is 6.95. The maximum atomic E-state index is 9.73. The van der Waals surface area contributed by atoms with Gasteiger partial charge in [0.2, 0.25) is 0 Å². The smallest absolute Gasteiger partial charge is 0.492 e. The summed E-state index contributed by atoms with van der Waals surface area (Å²) in [5, 5.41) is 31.2. The van der Waals surface area contributed by atoms with Gasteiger partial charge in [-0.15, -0.1) is 0 Å². The summed E-state index contributed by atoms with van der Waals surface area (Å²) in [7, 11) is -0.109. The molecule has 0 radical (unpaired) electrons. The van der Waals surface area contributed by atoms with Crippen LogP contribution in [0.15, 0.2) is 36.5 Å². The first-order valence-corrected chi connectivity index (χ1v) is 9.17. The van der Waals surface area contributed by atoms with Gasteiger partial charge in [-0.05, 0) is 12.1 Å². The van der Waals surface area contributed by atoms with Crippen LogP contribution in [0.5, 0.6) is 5.75 Å². The van der Waals surface area contributed by atoms with Gasteiger partial charge in [0, 0.05) is 27.7 Å². The summed E-state index contributed by atoms with van der Waals surface area (Å²) in [5.41, 5.74) is 3.99. The van der Waals surface area contributed by atoms with Crippen molar-refractivity contribution in [1.82, 2.24) is 10.2 Å². The van der Waals surface area contributed by atoms with Crippen LogP contribution < -0.4 is 15.5 Å². The van der Waals surface area contributed by atoms with E-state index < -0.39 is 7.12 Å². The van der Waals surface area contributed by atoms with Crippen LogP contribution >= 0.6 is 0 Å². The molecule has 1 aromatic heterocycles. The molecule has 3 heterocycles. The molecule has 2 aliphatic rings. The number of aromatic nitrogens is 2. The zero-order chi connectivity index (χ0) is 19.3. The second-order valence-corrected chi connectivity index (χ2v) is 6.95. The Labute approximate surface area is 161 Å². The van der Waals surface area contributed by atoms with Gasteiger partial charge in [0.05, 0.1) is 38.1 Å². The first-order valence-electron chi connectivity index (χ1n) is 9.17. The summed E-state index contributed by atoms with van der Waals surface area (Å²) in [6.07, 6.45) is 1.22. The number of anilines is 1. The number of hydrogen-bond acceptors (Lipinski definition) is 7. The Balaban J connectivity index is 1.67. The van der Waals surface area contributed by atoms with Gasteiger partial charge in [-0.25, -0.2) is 0 Å². The van der Waals surface area contributed by atoms with Gasteiger partial charge in [0.1, 0.15) is 18.0 Å². The summed E-state index contributed by atoms with van der Waals surface area (Å²) in [6.45, 7) is 0.995. The van der Waals surface area contributed by atoms with E-state index in [1.807, 2.05) is 18.2 Å². The molecule has 9 heteroatoms. The van der Waals surface area contributed by atoms with Crippen molar-refractivity contribution < 1.29 is 24.3 Å². The lowest BCUT2D eigenvalue weighted by molar-refractivity contribution is -0.150. The maximum absolute atomic E-state index is 9.73. The number of ether oxygens (including phenoxy) is 3. The number of hydrogen-bond donors (Lipinski definition) is 4. The number of H-pyrrole nitrogens is 1. The Kier molecular flexibility index (Phi) is 4.24. The van der Waals surface area contributed by atoms with Crippen LogP contribution in [0.2, 0.25) is 0 Å². The van der Waals surface area contributed by atoms with Gasteiger partial charge in [-0.3, -0.25) is 5.10 Å². The quantitative estimate of drug-likeness (QED) is 0.499. The normalized spacial score (nSPS) is 23.6. The molecule has 2 aromatic carbocycles. The van der Waals surface area contributed by atoms with Crippen LogP contribution in [0.25, 0.3) is 10.9 Å². The number of para-hydroxylation sites is 1. The largest absolute Gasteiger partial charge is 0.497 e. The van der Waals surface area contributed by atoms with E-state index >= 15 is 0 Å². The number of rotatable bonds is 3. The van der Waals surface area contributed by atoms with E-state index in [0.717, 1.165) is 27.7 Å². The molecule has 5 rings (SSSR count). The number of fused-ring (bicyclic) bond motifs is 5. The fourth-order valence-corrected chi connectivity index (χ4v) is 4.29. The molecule has 0 bridgehead atoms. The minimum atomic E-state index is -1.63. The molecule has 3 aromatic rings. The van der Waals surface area contributed by atoms with Crippen LogP contribution in [0.4, 0.5) is 5.69 Å². The van der Waals surface area contributed by atoms with Gasteiger partial charge in [-0.1, -0.05) is 18.2 Å². The summed E-state index contributed by atoms with van der Waals surface area (Å²) >= 11 is 0. The van der Waals surface area contributed by atoms with E-state index in [-0.39, 0.29) is 18.2 Å². The van der Waals surface area contributed by atoms with Crippen molar-refractivity contribution in [1.29, 1.82) is 0 Å². The number of nitrogens with zero attached hydrogens (tertiary/aromatic N) is 1. The topological polar surface area (TPSA) is 109 Å². The molecular weight excluding hydrogens is 361 g/mol. The van der Waals surface area contributed by atoms with Gasteiger partial charge in [0.25, 0.3) is 0 Å². The zero-order valence-electron chi connectivity index (χ0n) is 15.3. The number of nitrogens with one attached hydrogen (secondary N) is 2. The van der Waals surface area contributed by atoms with Crippen molar-refractivity contribution in [3.05, 3.63) is 47.7 Å². The monoisotopic (exact) mass is 381 g/mol. The standard InChI is InChI=1S/C19H20BN3O5/c1-26-17-10(3-2-4-12(17)20(24)25)16-19-18(27-7-8-28-19)15-11-9-21-23-13(11)5-6-14(15)22-16/h2-6,9,16,18-19,22,24-25H,7-8H2,1H3,(H,21,23). The minimum absolute atomic E-state index is 0.274. The molecule has 1 fully saturated rings. The third-order valence-electron chi connectivity index (χ3n) is 5.47. The van der Waals surface area contributed by atoms with Gasteiger partial charge in [0.15, 0.2) is 0 Å². The number of aromatic amines is 1. The SMILES string of the molecule is COc1c(B(O)O)cccc1C1Nc2ccc3[nH]ncc3c2C2OCCOC12. The molecule has 3 unspecified atom stereocenters. The highest BCUT2D eigenvalue weighted by atomic mass is 16.6. The highest BCUT2D eigenvalue weighted by Gasteiger charge is 2.43. The van der Waals surface area contributed by atoms with Gasteiger partial charge >= 0.3 is 7.12 Å².